The van der Waals surface area contributed by atoms with Crippen LogP contribution in [0.2, 0.25) is 0 Å². The van der Waals surface area contributed by atoms with Crippen LogP contribution in [0.3, 0.4) is 0 Å². The fourth-order valence-electron chi connectivity index (χ4n) is 3.03. The van der Waals surface area contributed by atoms with Crippen LogP contribution in [0.1, 0.15) is 17.3 Å². The maximum Gasteiger partial charge on any atom is 0.337 e. The van der Waals surface area contributed by atoms with E-state index in [-0.39, 0.29) is 5.97 Å². The van der Waals surface area contributed by atoms with Crippen LogP contribution in [0.4, 0.5) is 0 Å². The van der Waals surface area contributed by atoms with Gasteiger partial charge in [0.1, 0.15) is 11.5 Å². The molecule has 1 heterocycles. The second-order valence-electron chi connectivity index (χ2n) is 5.19. The molecule has 120 valence electrons. The summed E-state index contributed by atoms with van der Waals surface area (Å²) in [7, 11) is 4.65. The first-order chi connectivity index (χ1) is 11.1. The molecule has 0 aliphatic rings. The third kappa shape index (κ3) is 2.29. The highest BCUT2D eigenvalue weighted by Gasteiger charge is 2.17. The first-order valence-electron chi connectivity index (χ1n) is 7.40. The molecule has 0 aliphatic carbocycles. The number of ether oxygens (including phenoxy) is 3. The second-order valence-corrected chi connectivity index (χ2v) is 5.19. The minimum Gasteiger partial charge on any atom is -0.497 e. The molecule has 0 N–H and O–H groups in total. The molecule has 23 heavy (non-hydrogen) atoms. The zero-order chi connectivity index (χ0) is 16.6. The van der Waals surface area contributed by atoms with Gasteiger partial charge in [0.15, 0.2) is 0 Å². The van der Waals surface area contributed by atoms with Gasteiger partial charge in [-0.25, -0.2) is 4.79 Å². The van der Waals surface area contributed by atoms with E-state index in [0.29, 0.717) is 5.56 Å². The summed E-state index contributed by atoms with van der Waals surface area (Å²) in [5.41, 5.74) is 2.58. The van der Waals surface area contributed by atoms with E-state index in [0.717, 1.165) is 39.8 Å². The van der Waals surface area contributed by atoms with Crippen LogP contribution in [0.25, 0.3) is 21.8 Å². The van der Waals surface area contributed by atoms with Gasteiger partial charge in [-0.05, 0) is 25.1 Å². The number of nitrogens with zero attached hydrogens (tertiary/aromatic N) is 1. The minimum atomic E-state index is -0.350. The molecule has 3 aromatic rings. The number of hydrogen-bond acceptors (Lipinski definition) is 4. The van der Waals surface area contributed by atoms with E-state index in [9.17, 15) is 4.79 Å². The van der Waals surface area contributed by atoms with Crippen molar-refractivity contribution < 1.29 is 19.0 Å². The summed E-state index contributed by atoms with van der Waals surface area (Å²) in [5.74, 6) is 1.11. The number of carbonyl (C=O) groups is 1. The highest BCUT2D eigenvalue weighted by atomic mass is 16.5. The molecule has 0 amide bonds. The van der Waals surface area contributed by atoms with Gasteiger partial charge in [0.2, 0.25) is 0 Å². The number of benzene rings is 2. The van der Waals surface area contributed by atoms with Gasteiger partial charge in [0.25, 0.3) is 0 Å². The molecule has 0 spiro atoms. The lowest BCUT2D eigenvalue weighted by molar-refractivity contribution is 0.0601. The Labute approximate surface area is 134 Å². The number of aryl methyl sites for hydroxylation is 1. The second kappa shape index (κ2) is 5.83. The van der Waals surface area contributed by atoms with Crippen LogP contribution in [0, 0.1) is 0 Å². The highest BCUT2D eigenvalue weighted by Crippen LogP contribution is 2.39. The van der Waals surface area contributed by atoms with Crippen LogP contribution < -0.4 is 9.47 Å². The van der Waals surface area contributed by atoms with Crippen LogP contribution in [0.15, 0.2) is 30.3 Å². The SMILES string of the molecule is CCn1c2ccc(C(=O)OC)cc2c2c(OC)cc(OC)cc21. The summed E-state index contributed by atoms with van der Waals surface area (Å²) in [6, 6.07) is 9.41. The maximum absolute atomic E-state index is 11.8. The standard InChI is InChI=1S/C18H19NO4/c1-5-19-14-7-6-11(18(20)23-4)8-13(14)17-15(19)9-12(21-2)10-16(17)22-3/h6-10H,5H2,1-4H3. The Bertz CT molecular complexity index is 895. The summed E-state index contributed by atoms with van der Waals surface area (Å²) >= 11 is 0. The summed E-state index contributed by atoms with van der Waals surface area (Å²) < 4.78 is 17.9. The van der Waals surface area contributed by atoms with Gasteiger partial charge in [-0.3, -0.25) is 0 Å². The molecular weight excluding hydrogens is 294 g/mol. The molecular formula is C18H19NO4. The molecule has 0 fully saturated rings. The van der Waals surface area contributed by atoms with Crippen molar-refractivity contribution in [2.45, 2.75) is 13.5 Å². The summed E-state index contributed by atoms with van der Waals surface area (Å²) in [5, 5.41) is 1.93. The first kappa shape index (κ1) is 15.2. The Kier molecular flexibility index (Phi) is 3.86. The molecule has 1 aromatic heterocycles. The lowest BCUT2D eigenvalue weighted by atomic mass is 10.1. The largest absolute Gasteiger partial charge is 0.497 e. The Balaban J connectivity index is 2.45. The first-order valence-corrected chi connectivity index (χ1v) is 7.40. The van der Waals surface area contributed by atoms with E-state index in [2.05, 4.69) is 11.5 Å². The van der Waals surface area contributed by atoms with Crippen LogP contribution >= 0.6 is 0 Å². The fourth-order valence-corrected chi connectivity index (χ4v) is 3.03. The highest BCUT2D eigenvalue weighted by molar-refractivity contribution is 6.13. The van der Waals surface area contributed by atoms with Crippen LogP contribution in [-0.2, 0) is 11.3 Å². The van der Waals surface area contributed by atoms with Crippen molar-refractivity contribution in [2.24, 2.45) is 0 Å². The van der Waals surface area contributed by atoms with E-state index in [1.807, 2.05) is 24.3 Å². The maximum atomic E-state index is 11.8. The molecule has 0 aliphatic heterocycles. The quantitative estimate of drug-likeness (QED) is 0.690. The normalized spacial score (nSPS) is 11.0. The lowest BCUT2D eigenvalue weighted by Crippen LogP contribution is -2.00. The lowest BCUT2D eigenvalue weighted by Gasteiger charge is -2.08. The summed E-state index contributed by atoms with van der Waals surface area (Å²) in [4.78, 5) is 11.8. The molecule has 5 heteroatoms. The number of aromatic nitrogens is 1. The average molecular weight is 313 g/mol. The molecule has 5 nitrogen and oxygen atoms in total. The topological polar surface area (TPSA) is 49.7 Å². The van der Waals surface area contributed by atoms with Gasteiger partial charge in [-0.1, -0.05) is 0 Å². The van der Waals surface area contributed by atoms with Crippen molar-refractivity contribution in [2.75, 3.05) is 21.3 Å². The van der Waals surface area contributed by atoms with E-state index in [4.69, 9.17) is 14.2 Å². The number of fused-ring (bicyclic) bond motifs is 3. The van der Waals surface area contributed by atoms with E-state index < -0.39 is 0 Å². The Morgan fingerprint density at radius 3 is 2.43 bits per heavy atom. The monoisotopic (exact) mass is 313 g/mol. The van der Waals surface area contributed by atoms with Crippen molar-refractivity contribution in [3.63, 3.8) is 0 Å². The number of hydrogen-bond donors (Lipinski definition) is 0. The van der Waals surface area contributed by atoms with E-state index in [1.54, 1.807) is 20.3 Å². The molecule has 0 saturated heterocycles. The third-order valence-electron chi connectivity index (χ3n) is 4.10. The van der Waals surface area contributed by atoms with Crippen molar-refractivity contribution in [1.82, 2.24) is 4.57 Å². The van der Waals surface area contributed by atoms with E-state index in [1.165, 1.54) is 7.11 Å². The van der Waals surface area contributed by atoms with Crippen LogP contribution in [0.5, 0.6) is 11.5 Å². The van der Waals surface area contributed by atoms with E-state index >= 15 is 0 Å². The van der Waals surface area contributed by atoms with Gasteiger partial charge in [0.05, 0.1) is 32.4 Å². The molecule has 0 bridgehead atoms. The number of rotatable bonds is 4. The molecule has 0 unspecified atom stereocenters. The third-order valence-corrected chi connectivity index (χ3v) is 4.10. The average Bonchev–Trinajstić information content (AvgIpc) is 2.92. The Morgan fingerprint density at radius 1 is 1.04 bits per heavy atom. The zero-order valence-electron chi connectivity index (χ0n) is 13.7. The molecule has 0 atom stereocenters. The predicted octanol–water partition coefficient (Wildman–Crippen LogP) is 3.62. The van der Waals surface area contributed by atoms with Crippen molar-refractivity contribution in [3.05, 3.63) is 35.9 Å². The summed E-state index contributed by atoms with van der Waals surface area (Å²) in [6.45, 7) is 2.88. The Hall–Kier alpha value is -2.69. The number of carbonyl (C=O) groups excluding carboxylic acids is 1. The van der Waals surface area contributed by atoms with Crippen molar-refractivity contribution in [1.29, 1.82) is 0 Å². The Morgan fingerprint density at radius 2 is 1.83 bits per heavy atom. The smallest absolute Gasteiger partial charge is 0.337 e. The van der Waals surface area contributed by atoms with Crippen LogP contribution in [-0.4, -0.2) is 31.9 Å². The van der Waals surface area contributed by atoms with Crippen molar-refractivity contribution >= 4 is 27.8 Å². The van der Waals surface area contributed by atoms with Gasteiger partial charge >= 0.3 is 5.97 Å². The number of methoxy groups -OCH3 is 3. The van der Waals surface area contributed by atoms with Gasteiger partial charge < -0.3 is 18.8 Å². The minimum absolute atomic E-state index is 0.350. The van der Waals surface area contributed by atoms with Gasteiger partial charge in [-0.15, -0.1) is 0 Å². The number of esters is 1. The zero-order valence-corrected chi connectivity index (χ0v) is 13.7. The van der Waals surface area contributed by atoms with Gasteiger partial charge in [0, 0.05) is 35.0 Å². The summed E-state index contributed by atoms with van der Waals surface area (Å²) in [6.07, 6.45) is 0. The fraction of sp³-hybridized carbons (Fsp3) is 0.278. The van der Waals surface area contributed by atoms with Crippen molar-refractivity contribution in [3.8, 4) is 11.5 Å². The molecule has 3 rings (SSSR count). The molecule has 2 aromatic carbocycles. The predicted molar refractivity (Wildman–Crippen MR) is 89.6 cm³/mol. The van der Waals surface area contributed by atoms with Gasteiger partial charge in [-0.2, -0.15) is 0 Å². The molecule has 0 saturated carbocycles. The molecule has 0 radical (unpaired) electrons.